The lowest BCUT2D eigenvalue weighted by atomic mass is 9.91. The van der Waals surface area contributed by atoms with Gasteiger partial charge >= 0.3 is 12.1 Å². The molecule has 1 rings (SSSR count). The molecule has 0 aromatic rings. The van der Waals surface area contributed by atoms with E-state index in [0.29, 0.717) is 12.7 Å². The Hall–Kier alpha value is -2.38. The summed E-state index contributed by atoms with van der Waals surface area (Å²) in [5.41, 5.74) is -1.52. The highest BCUT2D eigenvalue weighted by molar-refractivity contribution is 5.83. The predicted octanol–water partition coefficient (Wildman–Crippen LogP) is 2.99. The number of ether oxygens (including phenoxy) is 2. The number of carbonyl (C=O) groups is 4. The van der Waals surface area contributed by atoms with Crippen LogP contribution in [0.2, 0.25) is 0 Å². The molecule has 4 atom stereocenters. The standard InChI is InChI=1S/C22H36N2O6/c1-9-10-15-13-17(19(27)29-21(3,4)5)24(20(28)30-22(6,7)8)18(15)16(11-12-25)23-14(2)26/h9-10,12,15-18H,11,13H2,1-8H3,(H,23,26)/t15-,16-,17+,18-/m1/s1. The second-order valence-corrected chi connectivity index (χ2v) is 9.56. The van der Waals surface area contributed by atoms with E-state index < -0.39 is 41.4 Å². The van der Waals surface area contributed by atoms with Crippen molar-refractivity contribution in [1.29, 1.82) is 0 Å². The third-order valence-electron chi connectivity index (χ3n) is 4.46. The molecule has 1 aliphatic rings. The van der Waals surface area contributed by atoms with Gasteiger partial charge in [-0.3, -0.25) is 9.69 Å². The first kappa shape index (κ1) is 25.7. The van der Waals surface area contributed by atoms with Crippen molar-refractivity contribution in [3.63, 3.8) is 0 Å². The Morgan fingerprint density at radius 3 is 2.10 bits per heavy atom. The molecule has 2 amide bonds. The van der Waals surface area contributed by atoms with Gasteiger partial charge in [0.2, 0.25) is 5.91 Å². The molecule has 0 aromatic carbocycles. The summed E-state index contributed by atoms with van der Waals surface area (Å²) in [6.45, 7) is 13.7. The van der Waals surface area contributed by atoms with Crippen molar-refractivity contribution in [2.24, 2.45) is 5.92 Å². The summed E-state index contributed by atoms with van der Waals surface area (Å²) in [6, 6.07) is -2.20. The number of nitrogens with one attached hydrogen (secondary N) is 1. The fourth-order valence-corrected chi connectivity index (χ4v) is 3.65. The van der Waals surface area contributed by atoms with Crippen LogP contribution < -0.4 is 5.32 Å². The van der Waals surface area contributed by atoms with Crippen molar-refractivity contribution in [2.45, 2.75) is 97.6 Å². The second kappa shape index (κ2) is 10.1. The zero-order chi connectivity index (χ0) is 23.3. The lowest BCUT2D eigenvalue weighted by Gasteiger charge is -2.37. The minimum Gasteiger partial charge on any atom is -0.458 e. The Labute approximate surface area is 179 Å². The van der Waals surface area contributed by atoms with Gasteiger partial charge in [-0.15, -0.1) is 0 Å². The average molecular weight is 425 g/mol. The molecule has 1 saturated heterocycles. The third-order valence-corrected chi connectivity index (χ3v) is 4.46. The van der Waals surface area contributed by atoms with Crippen LogP contribution >= 0.6 is 0 Å². The van der Waals surface area contributed by atoms with E-state index in [2.05, 4.69) is 5.32 Å². The first-order chi connectivity index (χ1) is 13.7. The average Bonchev–Trinajstić information content (AvgIpc) is 2.90. The lowest BCUT2D eigenvalue weighted by Crippen LogP contribution is -2.56. The smallest absolute Gasteiger partial charge is 0.411 e. The summed E-state index contributed by atoms with van der Waals surface area (Å²) >= 11 is 0. The Bertz CT molecular complexity index is 674. The van der Waals surface area contributed by atoms with Crippen LogP contribution in [0, 0.1) is 5.92 Å². The number of allylic oxidation sites excluding steroid dienone is 1. The summed E-state index contributed by atoms with van der Waals surface area (Å²) in [6.07, 6.45) is 4.02. The molecule has 1 N–H and O–H groups in total. The molecule has 0 spiro atoms. The molecule has 1 heterocycles. The Morgan fingerprint density at radius 2 is 1.67 bits per heavy atom. The first-order valence-electron chi connectivity index (χ1n) is 10.3. The van der Waals surface area contributed by atoms with E-state index in [9.17, 15) is 19.2 Å². The molecular formula is C22H36N2O6. The Morgan fingerprint density at radius 1 is 1.10 bits per heavy atom. The topological polar surface area (TPSA) is 102 Å². The summed E-state index contributed by atoms with van der Waals surface area (Å²) < 4.78 is 11.1. The van der Waals surface area contributed by atoms with E-state index in [1.165, 1.54) is 11.8 Å². The molecule has 8 heteroatoms. The number of amides is 2. The van der Waals surface area contributed by atoms with Gasteiger partial charge in [0.05, 0.1) is 12.1 Å². The van der Waals surface area contributed by atoms with Gasteiger partial charge in [0.25, 0.3) is 0 Å². The van der Waals surface area contributed by atoms with E-state index in [1.54, 1.807) is 41.5 Å². The van der Waals surface area contributed by atoms with Crippen molar-refractivity contribution in [3.8, 4) is 0 Å². The van der Waals surface area contributed by atoms with Crippen LogP contribution in [0.1, 0.15) is 68.2 Å². The minimum absolute atomic E-state index is 0.00135. The number of hydrogen-bond donors (Lipinski definition) is 1. The van der Waals surface area contributed by atoms with Gasteiger partial charge in [-0.2, -0.15) is 0 Å². The van der Waals surface area contributed by atoms with Crippen LogP contribution in [-0.4, -0.2) is 58.5 Å². The van der Waals surface area contributed by atoms with Crippen molar-refractivity contribution in [2.75, 3.05) is 0 Å². The van der Waals surface area contributed by atoms with Crippen LogP contribution in [0.4, 0.5) is 4.79 Å². The maximum Gasteiger partial charge on any atom is 0.411 e. The molecule has 1 aliphatic heterocycles. The summed E-state index contributed by atoms with van der Waals surface area (Å²) in [5, 5.41) is 2.76. The van der Waals surface area contributed by atoms with E-state index in [0.717, 1.165) is 0 Å². The summed E-state index contributed by atoms with van der Waals surface area (Å²) in [4.78, 5) is 50.6. The van der Waals surface area contributed by atoms with Gasteiger partial charge in [0, 0.05) is 19.3 Å². The van der Waals surface area contributed by atoms with Crippen molar-refractivity contribution < 1.29 is 28.7 Å². The number of nitrogens with zero attached hydrogens (tertiary/aromatic N) is 1. The van der Waals surface area contributed by atoms with Crippen LogP contribution in [0.25, 0.3) is 0 Å². The van der Waals surface area contributed by atoms with Crippen molar-refractivity contribution in [3.05, 3.63) is 12.2 Å². The molecule has 1 fully saturated rings. The number of hydrogen-bond acceptors (Lipinski definition) is 6. The fraction of sp³-hybridized carbons (Fsp3) is 0.727. The first-order valence-corrected chi connectivity index (χ1v) is 10.3. The zero-order valence-electron chi connectivity index (χ0n) is 19.4. The molecule has 0 radical (unpaired) electrons. The maximum absolute atomic E-state index is 13.2. The fourth-order valence-electron chi connectivity index (χ4n) is 3.65. The molecule has 0 saturated carbocycles. The number of esters is 1. The van der Waals surface area contributed by atoms with Crippen LogP contribution in [0.15, 0.2) is 12.2 Å². The summed E-state index contributed by atoms with van der Waals surface area (Å²) in [5.74, 6) is -1.14. The van der Waals surface area contributed by atoms with Crippen LogP contribution in [0.3, 0.4) is 0 Å². The highest BCUT2D eigenvalue weighted by Gasteiger charge is 2.51. The normalized spacial score (nSPS) is 23.2. The molecule has 0 aromatic heterocycles. The van der Waals surface area contributed by atoms with Crippen molar-refractivity contribution in [1.82, 2.24) is 10.2 Å². The van der Waals surface area contributed by atoms with Crippen molar-refractivity contribution >= 4 is 24.3 Å². The number of likely N-dealkylation sites (tertiary alicyclic amines) is 1. The lowest BCUT2D eigenvalue weighted by molar-refractivity contribution is -0.160. The van der Waals surface area contributed by atoms with Crippen LogP contribution in [-0.2, 0) is 23.9 Å². The molecule has 0 unspecified atom stereocenters. The number of aldehydes is 1. The quantitative estimate of drug-likeness (QED) is 0.399. The third kappa shape index (κ3) is 7.46. The minimum atomic E-state index is -0.895. The molecule has 30 heavy (non-hydrogen) atoms. The molecule has 0 bridgehead atoms. The molecule has 0 aliphatic carbocycles. The molecular weight excluding hydrogens is 388 g/mol. The maximum atomic E-state index is 13.2. The van der Waals surface area contributed by atoms with Crippen LogP contribution in [0.5, 0.6) is 0 Å². The second-order valence-electron chi connectivity index (χ2n) is 9.56. The predicted molar refractivity (Wildman–Crippen MR) is 113 cm³/mol. The van der Waals surface area contributed by atoms with E-state index in [4.69, 9.17) is 9.47 Å². The molecule has 170 valence electrons. The van der Waals surface area contributed by atoms with Gasteiger partial charge < -0.3 is 19.6 Å². The Balaban J connectivity index is 3.46. The summed E-state index contributed by atoms with van der Waals surface area (Å²) in [7, 11) is 0. The van der Waals surface area contributed by atoms with E-state index in [1.807, 2.05) is 19.1 Å². The highest BCUT2D eigenvalue weighted by Crippen LogP contribution is 2.36. The van der Waals surface area contributed by atoms with Gasteiger partial charge in [-0.25, -0.2) is 9.59 Å². The molecule has 8 nitrogen and oxygen atoms in total. The number of rotatable bonds is 6. The Kier molecular flexibility index (Phi) is 8.63. The SMILES string of the molecule is CC=C[C@@H]1C[C@@H](C(=O)OC(C)(C)C)N(C(=O)OC(C)(C)C)[C@H]1[C@@H](CC=O)NC(C)=O. The van der Waals surface area contributed by atoms with Gasteiger partial charge in [0.15, 0.2) is 0 Å². The van der Waals surface area contributed by atoms with Gasteiger partial charge in [-0.1, -0.05) is 12.2 Å². The number of carbonyl (C=O) groups excluding carboxylic acids is 4. The van der Waals surface area contributed by atoms with E-state index >= 15 is 0 Å². The zero-order valence-corrected chi connectivity index (χ0v) is 19.4. The van der Waals surface area contributed by atoms with E-state index in [-0.39, 0.29) is 18.2 Å². The van der Waals surface area contributed by atoms with Gasteiger partial charge in [0.1, 0.15) is 23.5 Å². The highest BCUT2D eigenvalue weighted by atomic mass is 16.6. The van der Waals surface area contributed by atoms with Gasteiger partial charge in [-0.05, 0) is 54.9 Å². The monoisotopic (exact) mass is 424 g/mol. The largest absolute Gasteiger partial charge is 0.458 e.